The van der Waals surface area contributed by atoms with Crippen LogP contribution < -0.4 is 0 Å². The number of benzene rings is 4. The average molecular weight is 383 g/mol. The van der Waals surface area contributed by atoms with Crippen molar-refractivity contribution in [2.75, 3.05) is 0 Å². The highest BCUT2D eigenvalue weighted by Gasteiger charge is 2.23. The van der Waals surface area contributed by atoms with Crippen LogP contribution in [-0.4, -0.2) is 5.71 Å². The van der Waals surface area contributed by atoms with Crippen LogP contribution in [0.15, 0.2) is 101 Å². The molecule has 0 N–H and O–H groups in total. The van der Waals surface area contributed by atoms with Crippen molar-refractivity contribution in [2.45, 2.75) is 16.6 Å². The van der Waals surface area contributed by atoms with Gasteiger partial charge in [0, 0.05) is 22.1 Å². The molecule has 1 atom stereocenters. The Hall–Kier alpha value is -2.91. The summed E-state index contributed by atoms with van der Waals surface area (Å²) in [7, 11) is 0. The molecule has 4 aromatic carbocycles. The van der Waals surface area contributed by atoms with Crippen LogP contribution in [0.3, 0.4) is 0 Å². The molecule has 1 aliphatic heterocycles. The summed E-state index contributed by atoms with van der Waals surface area (Å²) in [5.74, 6) is -0.220. The molecule has 0 fully saturated rings. The largest absolute Gasteiger partial charge is 0.252 e. The molecule has 0 saturated heterocycles. The summed E-state index contributed by atoms with van der Waals surface area (Å²) < 4.78 is 14.5. The Labute approximate surface area is 168 Å². The molecule has 0 saturated carbocycles. The van der Waals surface area contributed by atoms with E-state index in [1.54, 1.807) is 17.8 Å². The second-order valence-electron chi connectivity index (χ2n) is 6.92. The monoisotopic (exact) mass is 383 g/mol. The van der Waals surface area contributed by atoms with Crippen molar-refractivity contribution in [3.05, 3.63) is 108 Å². The van der Waals surface area contributed by atoms with E-state index >= 15 is 0 Å². The Kier molecular flexibility index (Phi) is 4.46. The fourth-order valence-corrected chi connectivity index (χ4v) is 4.89. The maximum absolute atomic E-state index is 14.5. The van der Waals surface area contributed by atoms with Gasteiger partial charge in [-0.15, -0.1) is 11.8 Å². The molecule has 0 aromatic heterocycles. The van der Waals surface area contributed by atoms with E-state index in [4.69, 9.17) is 4.99 Å². The minimum absolute atomic E-state index is 0.173. The van der Waals surface area contributed by atoms with Gasteiger partial charge < -0.3 is 0 Å². The van der Waals surface area contributed by atoms with Crippen molar-refractivity contribution in [3.8, 4) is 0 Å². The van der Waals surface area contributed by atoms with E-state index in [0.717, 1.165) is 16.3 Å². The van der Waals surface area contributed by atoms with Crippen LogP contribution in [0.4, 0.5) is 10.1 Å². The van der Waals surface area contributed by atoms with Crippen molar-refractivity contribution in [1.29, 1.82) is 0 Å². The predicted octanol–water partition coefficient (Wildman–Crippen LogP) is 7.34. The lowest BCUT2D eigenvalue weighted by molar-refractivity contribution is 0.624. The molecule has 28 heavy (non-hydrogen) atoms. The number of aliphatic imine (C=N–C) groups is 1. The highest BCUT2D eigenvalue weighted by molar-refractivity contribution is 7.99. The molecule has 5 rings (SSSR count). The maximum Gasteiger partial charge on any atom is 0.132 e. The molecule has 136 valence electrons. The van der Waals surface area contributed by atoms with Gasteiger partial charge in [-0.25, -0.2) is 4.39 Å². The summed E-state index contributed by atoms with van der Waals surface area (Å²) in [5.41, 5.74) is 3.54. The Morgan fingerprint density at radius 1 is 0.786 bits per heavy atom. The first-order valence-electron chi connectivity index (χ1n) is 9.35. The summed E-state index contributed by atoms with van der Waals surface area (Å²) in [4.78, 5) is 6.00. The molecule has 0 radical (unpaired) electrons. The normalized spacial score (nSPS) is 16.3. The third-order valence-electron chi connectivity index (χ3n) is 5.10. The lowest BCUT2D eigenvalue weighted by atomic mass is 9.99. The van der Waals surface area contributed by atoms with E-state index in [9.17, 15) is 4.39 Å². The molecule has 1 nitrogen and oxygen atoms in total. The number of rotatable bonds is 2. The van der Waals surface area contributed by atoms with Crippen LogP contribution in [0.1, 0.15) is 22.8 Å². The molecule has 0 aliphatic carbocycles. The lowest BCUT2D eigenvalue weighted by Crippen LogP contribution is -2.07. The van der Waals surface area contributed by atoms with E-state index in [1.807, 2.05) is 30.3 Å². The first-order chi connectivity index (χ1) is 13.8. The summed E-state index contributed by atoms with van der Waals surface area (Å²) >= 11 is 1.81. The summed E-state index contributed by atoms with van der Waals surface area (Å²) in [6, 6.07) is 30.0. The molecule has 0 bridgehead atoms. The van der Waals surface area contributed by atoms with E-state index in [2.05, 4.69) is 48.5 Å². The quantitative estimate of drug-likeness (QED) is 0.353. The first-order valence-corrected chi connectivity index (χ1v) is 10.2. The van der Waals surface area contributed by atoms with Gasteiger partial charge in [0.05, 0.1) is 11.4 Å². The zero-order chi connectivity index (χ0) is 18.9. The minimum atomic E-state index is -0.220. The number of hydrogen-bond donors (Lipinski definition) is 0. The van der Waals surface area contributed by atoms with Crippen LogP contribution in [-0.2, 0) is 0 Å². The van der Waals surface area contributed by atoms with Gasteiger partial charge in [0.15, 0.2) is 0 Å². The summed E-state index contributed by atoms with van der Waals surface area (Å²) in [5, 5.41) is 2.63. The Bertz CT molecular complexity index is 1200. The molecular weight excluding hydrogens is 365 g/mol. The van der Waals surface area contributed by atoms with Crippen molar-refractivity contribution in [2.24, 2.45) is 4.99 Å². The number of thioether (sulfide) groups is 1. The second-order valence-corrected chi connectivity index (χ2v) is 8.17. The van der Waals surface area contributed by atoms with Crippen LogP contribution in [0.25, 0.3) is 10.8 Å². The fraction of sp³-hybridized carbons (Fsp3) is 0.0800. The molecule has 4 aromatic rings. The number of hydrogen-bond acceptors (Lipinski definition) is 2. The third kappa shape index (κ3) is 3.23. The standard InChI is InChI=1S/C25H18FNS/c26-21-10-4-3-9-20(21)23-16-25(28-24-12-6-5-11-22(24)27-23)19-14-13-17-7-1-2-8-18(17)15-19/h1-15,25H,16H2. The minimum Gasteiger partial charge on any atom is -0.252 e. The van der Waals surface area contributed by atoms with Crippen molar-refractivity contribution in [3.63, 3.8) is 0 Å². The number of fused-ring (bicyclic) bond motifs is 2. The van der Waals surface area contributed by atoms with E-state index < -0.39 is 0 Å². The topological polar surface area (TPSA) is 12.4 Å². The molecule has 1 aliphatic rings. The highest BCUT2D eigenvalue weighted by atomic mass is 32.2. The smallest absolute Gasteiger partial charge is 0.132 e. The van der Waals surface area contributed by atoms with Gasteiger partial charge in [-0.2, -0.15) is 0 Å². The van der Waals surface area contributed by atoms with E-state index in [0.29, 0.717) is 12.0 Å². The SMILES string of the molecule is Fc1ccccc1C1=Nc2ccccc2SC(c2ccc3ccccc3c2)C1. The number of para-hydroxylation sites is 1. The molecule has 3 heteroatoms. The van der Waals surface area contributed by atoms with Gasteiger partial charge in [-0.3, -0.25) is 4.99 Å². The van der Waals surface area contributed by atoms with Crippen LogP contribution in [0.5, 0.6) is 0 Å². The average Bonchev–Trinajstić information content (AvgIpc) is 2.93. The summed E-state index contributed by atoms with van der Waals surface area (Å²) in [6.07, 6.45) is 0.679. The van der Waals surface area contributed by atoms with Gasteiger partial charge in [-0.1, -0.05) is 72.8 Å². The molecule has 0 amide bonds. The van der Waals surface area contributed by atoms with E-state index in [1.165, 1.54) is 22.4 Å². The number of nitrogens with zero attached hydrogens (tertiary/aromatic N) is 1. The van der Waals surface area contributed by atoms with Gasteiger partial charge in [0.1, 0.15) is 5.82 Å². The van der Waals surface area contributed by atoms with Gasteiger partial charge in [0.2, 0.25) is 0 Å². The van der Waals surface area contributed by atoms with Gasteiger partial charge >= 0.3 is 0 Å². The molecule has 0 spiro atoms. The maximum atomic E-state index is 14.5. The number of halogens is 1. The molecular formula is C25H18FNS. The Balaban J connectivity index is 1.63. The van der Waals surface area contributed by atoms with Crippen LogP contribution >= 0.6 is 11.8 Å². The van der Waals surface area contributed by atoms with E-state index in [-0.39, 0.29) is 11.1 Å². The zero-order valence-electron chi connectivity index (χ0n) is 15.2. The highest BCUT2D eigenvalue weighted by Crippen LogP contribution is 2.46. The third-order valence-corrected chi connectivity index (χ3v) is 6.42. The second kappa shape index (κ2) is 7.25. The van der Waals surface area contributed by atoms with Crippen LogP contribution in [0, 0.1) is 5.82 Å². The predicted molar refractivity (Wildman–Crippen MR) is 116 cm³/mol. The fourth-order valence-electron chi connectivity index (χ4n) is 3.67. The first kappa shape index (κ1) is 17.2. The van der Waals surface area contributed by atoms with Gasteiger partial charge in [-0.05, 0) is 34.5 Å². The zero-order valence-corrected chi connectivity index (χ0v) is 16.0. The lowest BCUT2D eigenvalue weighted by Gasteiger charge is -2.17. The molecule has 1 heterocycles. The Morgan fingerprint density at radius 3 is 2.43 bits per heavy atom. The van der Waals surface area contributed by atoms with Gasteiger partial charge in [0.25, 0.3) is 0 Å². The van der Waals surface area contributed by atoms with Crippen LogP contribution in [0.2, 0.25) is 0 Å². The Morgan fingerprint density at radius 2 is 1.54 bits per heavy atom. The summed E-state index contributed by atoms with van der Waals surface area (Å²) in [6.45, 7) is 0. The molecule has 1 unspecified atom stereocenters. The van der Waals surface area contributed by atoms with Crippen molar-refractivity contribution in [1.82, 2.24) is 0 Å². The van der Waals surface area contributed by atoms with Crippen molar-refractivity contribution >= 4 is 33.9 Å². The van der Waals surface area contributed by atoms with Crippen molar-refractivity contribution < 1.29 is 4.39 Å².